The number of aryl methyl sites for hydroxylation is 1. The van der Waals surface area contributed by atoms with Crippen LogP contribution in [0.5, 0.6) is 0 Å². The molecule has 154 valence electrons. The van der Waals surface area contributed by atoms with Crippen LogP contribution >= 0.6 is 0 Å². The quantitative estimate of drug-likeness (QED) is 0.689. The first kappa shape index (κ1) is 19.8. The van der Waals surface area contributed by atoms with Crippen molar-refractivity contribution in [2.75, 3.05) is 0 Å². The zero-order valence-electron chi connectivity index (χ0n) is 17.0. The van der Waals surface area contributed by atoms with Crippen molar-refractivity contribution in [1.82, 2.24) is 24.3 Å². The Morgan fingerprint density at radius 1 is 1.17 bits per heavy atom. The van der Waals surface area contributed by atoms with Gasteiger partial charge < -0.3 is 4.57 Å². The number of nitrogens with zero attached hydrogens (tertiary/aromatic N) is 4. The maximum atomic E-state index is 13.0. The van der Waals surface area contributed by atoms with Crippen LogP contribution in [0.2, 0.25) is 0 Å². The summed E-state index contributed by atoms with van der Waals surface area (Å²) in [6, 6.07) is 6.75. The maximum absolute atomic E-state index is 13.0. The third-order valence-electron chi connectivity index (χ3n) is 5.29. The second-order valence-corrected chi connectivity index (χ2v) is 11.0. The van der Waals surface area contributed by atoms with Gasteiger partial charge in [-0.25, -0.2) is 17.8 Å². The molecule has 0 saturated heterocycles. The molecule has 0 aliphatic heterocycles. The van der Waals surface area contributed by atoms with Crippen LogP contribution in [0.25, 0.3) is 10.8 Å². The molecule has 8 nitrogen and oxygen atoms in total. The van der Waals surface area contributed by atoms with E-state index in [1.807, 2.05) is 12.1 Å². The van der Waals surface area contributed by atoms with E-state index >= 15 is 0 Å². The Kier molecular flexibility index (Phi) is 4.62. The summed E-state index contributed by atoms with van der Waals surface area (Å²) in [4.78, 5) is 12.6. The monoisotopic (exact) mass is 415 g/mol. The van der Waals surface area contributed by atoms with Crippen molar-refractivity contribution in [3.8, 4) is 0 Å². The summed E-state index contributed by atoms with van der Waals surface area (Å²) in [5.74, 6) is 0. The number of rotatable bonds is 5. The standard InChI is InChI=1S/C20H25N5O3S/c1-20(2,3)29(27,28)22-18(17-12-25(23-21-17)13-8-9-13)15-6-5-7-16-14(15)10-11-24(4)19(16)26/h5-7,10-13,18,22H,8-9H2,1-4H3/t18-/m0/s1. The Bertz CT molecular complexity index is 1230. The fraction of sp³-hybridized carbons (Fsp3) is 0.450. The minimum atomic E-state index is -3.69. The smallest absolute Gasteiger partial charge is 0.258 e. The molecule has 1 aliphatic carbocycles. The fourth-order valence-corrected chi connectivity index (χ4v) is 4.12. The normalized spacial score (nSPS) is 16.3. The van der Waals surface area contributed by atoms with Gasteiger partial charge in [0.25, 0.3) is 5.56 Å². The molecule has 0 radical (unpaired) electrons. The van der Waals surface area contributed by atoms with Gasteiger partial charge in [-0.2, -0.15) is 0 Å². The summed E-state index contributed by atoms with van der Waals surface area (Å²) in [7, 11) is -2.00. The summed E-state index contributed by atoms with van der Waals surface area (Å²) < 4.78 is 31.1. The summed E-state index contributed by atoms with van der Waals surface area (Å²) in [5, 5.41) is 9.69. The third-order valence-corrected chi connectivity index (χ3v) is 7.45. The average molecular weight is 416 g/mol. The number of benzene rings is 1. The van der Waals surface area contributed by atoms with Gasteiger partial charge in [0, 0.05) is 18.6 Å². The number of aromatic nitrogens is 4. The Morgan fingerprint density at radius 2 is 1.90 bits per heavy atom. The highest BCUT2D eigenvalue weighted by molar-refractivity contribution is 7.90. The van der Waals surface area contributed by atoms with Gasteiger partial charge in [0.05, 0.1) is 23.0 Å². The number of hydrogen-bond acceptors (Lipinski definition) is 5. The molecule has 4 rings (SSSR count). The van der Waals surface area contributed by atoms with Crippen LogP contribution in [-0.4, -0.2) is 32.7 Å². The van der Waals surface area contributed by atoms with Crippen molar-refractivity contribution < 1.29 is 8.42 Å². The Balaban J connectivity index is 1.89. The lowest BCUT2D eigenvalue weighted by Gasteiger charge is -2.25. The summed E-state index contributed by atoms with van der Waals surface area (Å²) in [6.45, 7) is 4.94. The highest BCUT2D eigenvalue weighted by Gasteiger charge is 2.35. The van der Waals surface area contributed by atoms with Crippen LogP contribution in [0.3, 0.4) is 0 Å². The van der Waals surface area contributed by atoms with E-state index in [1.165, 1.54) is 4.57 Å². The van der Waals surface area contributed by atoms with E-state index < -0.39 is 20.8 Å². The molecular weight excluding hydrogens is 390 g/mol. The zero-order valence-corrected chi connectivity index (χ0v) is 17.8. The van der Waals surface area contributed by atoms with E-state index in [0.29, 0.717) is 28.1 Å². The van der Waals surface area contributed by atoms with Crippen LogP contribution < -0.4 is 10.3 Å². The predicted octanol–water partition coefficient (Wildman–Crippen LogP) is 2.27. The van der Waals surface area contributed by atoms with E-state index in [9.17, 15) is 13.2 Å². The summed E-state index contributed by atoms with van der Waals surface area (Å²) in [6.07, 6.45) is 5.58. The molecule has 1 N–H and O–H groups in total. The number of fused-ring (bicyclic) bond motifs is 1. The van der Waals surface area contributed by atoms with Crippen LogP contribution in [0.4, 0.5) is 0 Å². The molecule has 0 unspecified atom stereocenters. The lowest BCUT2D eigenvalue weighted by Crippen LogP contribution is -2.41. The van der Waals surface area contributed by atoms with Gasteiger partial charge in [-0.05, 0) is 56.7 Å². The van der Waals surface area contributed by atoms with E-state index in [1.54, 1.807) is 57.0 Å². The summed E-state index contributed by atoms with van der Waals surface area (Å²) in [5.41, 5.74) is 1.05. The molecule has 3 aromatic rings. The van der Waals surface area contributed by atoms with Crippen LogP contribution in [0.1, 0.15) is 57.0 Å². The number of hydrogen-bond donors (Lipinski definition) is 1. The lowest BCUT2D eigenvalue weighted by molar-refractivity contribution is 0.535. The van der Waals surface area contributed by atoms with Crippen LogP contribution in [0.15, 0.2) is 41.5 Å². The van der Waals surface area contributed by atoms with Gasteiger partial charge in [0.2, 0.25) is 10.0 Å². The summed E-state index contributed by atoms with van der Waals surface area (Å²) >= 11 is 0. The molecule has 1 aromatic carbocycles. The molecule has 0 spiro atoms. The topological polar surface area (TPSA) is 98.9 Å². The van der Waals surface area contributed by atoms with Crippen molar-refractivity contribution in [1.29, 1.82) is 0 Å². The molecule has 0 amide bonds. The molecular formula is C20H25N5O3S. The van der Waals surface area contributed by atoms with Crippen molar-refractivity contribution in [3.05, 3.63) is 58.3 Å². The first-order valence-corrected chi connectivity index (χ1v) is 11.1. The Labute approximate surface area is 169 Å². The van der Waals surface area contributed by atoms with Gasteiger partial charge in [-0.1, -0.05) is 17.3 Å². The van der Waals surface area contributed by atoms with Crippen molar-refractivity contribution >= 4 is 20.8 Å². The number of pyridine rings is 1. The zero-order chi connectivity index (χ0) is 21.0. The largest absolute Gasteiger partial charge is 0.318 e. The van der Waals surface area contributed by atoms with E-state index in [4.69, 9.17) is 0 Å². The van der Waals surface area contributed by atoms with Crippen molar-refractivity contribution in [2.24, 2.45) is 7.05 Å². The van der Waals surface area contributed by atoms with Crippen LogP contribution in [-0.2, 0) is 17.1 Å². The second-order valence-electron chi connectivity index (χ2n) is 8.56. The average Bonchev–Trinajstić information content (AvgIpc) is 3.39. The molecule has 0 bridgehead atoms. The van der Waals surface area contributed by atoms with Gasteiger partial charge in [-0.15, -0.1) is 5.10 Å². The maximum Gasteiger partial charge on any atom is 0.258 e. The Hall–Kier alpha value is -2.52. The molecule has 2 heterocycles. The molecule has 2 aromatic heterocycles. The highest BCUT2D eigenvalue weighted by Crippen LogP contribution is 2.35. The third kappa shape index (κ3) is 3.60. The SMILES string of the molecule is Cn1ccc2c([C@H](NS(=O)(=O)C(C)(C)C)c3cn(C4CC4)nn3)cccc2c1=O. The minimum absolute atomic E-state index is 0.136. The Morgan fingerprint density at radius 3 is 2.55 bits per heavy atom. The van der Waals surface area contributed by atoms with Crippen LogP contribution in [0, 0.1) is 0 Å². The fourth-order valence-electron chi connectivity index (χ4n) is 3.21. The minimum Gasteiger partial charge on any atom is -0.318 e. The molecule has 1 aliphatic rings. The van der Waals surface area contributed by atoms with E-state index in [2.05, 4.69) is 15.0 Å². The van der Waals surface area contributed by atoms with Gasteiger partial charge in [-0.3, -0.25) is 4.79 Å². The molecule has 1 saturated carbocycles. The predicted molar refractivity (Wildman–Crippen MR) is 111 cm³/mol. The number of nitrogens with one attached hydrogen (secondary N) is 1. The lowest BCUT2D eigenvalue weighted by atomic mass is 9.98. The molecule has 9 heteroatoms. The van der Waals surface area contributed by atoms with Crippen molar-refractivity contribution in [3.63, 3.8) is 0 Å². The van der Waals surface area contributed by atoms with E-state index in [0.717, 1.165) is 12.8 Å². The van der Waals surface area contributed by atoms with Gasteiger partial charge in [0.1, 0.15) is 5.69 Å². The second kappa shape index (κ2) is 6.77. The first-order valence-electron chi connectivity index (χ1n) is 9.60. The molecule has 1 fully saturated rings. The number of sulfonamides is 1. The van der Waals surface area contributed by atoms with Gasteiger partial charge >= 0.3 is 0 Å². The highest BCUT2D eigenvalue weighted by atomic mass is 32.2. The molecule has 29 heavy (non-hydrogen) atoms. The van der Waals surface area contributed by atoms with E-state index in [-0.39, 0.29) is 5.56 Å². The van der Waals surface area contributed by atoms with Crippen molar-refractivity contribution in [2.45, 2.75) is 50.4 Å². The molecule has 1 atom stereocenters. The van der Waals surface area contributed by atoms with Gasteiger partial charge in [0.15, 0.2) is 0 Å². The first-order chi connectivity index (χ1) is 13.6.